The predicted molar refractivity (Wildman–Crippen MR) is 70.5 cm³/mol. The van der Waals surface area contributed by atoms with Crippen molar-refractivity contribution in [1.82, 2.24) is 0 Å². The molecule has 0 amide bonds. The number of hydrogen-bond donors (Lipinski definition) is 2. The van der Waals surface area contributed by atoms with Gasteiger partial charge >= 0.3 is 5.97 Å². The van der Waals surface area contributed by atoms with Crippen LogP contribution in [0.4, 0.5) is 11.4 Å². The molecule has 6 heteroatoms. The Kier molecular flexibility index (Phi) is 3.99. The maximum Gasteiger partial charge on any atom is 0.338 e. The minimum absolute atomic E-state index is 0.0530. The lowest BCUT2D eigenvalue weighted by Gasteiger charge is -2.25. The minimum atomic E-state index is -1.16. The number of nitro groups is 1. The van der Waals surface area contributed by atoms with Gasteiger partial charge in [-0.3, -0.25) is 10.1 Å². The van der Waals surface area contributed by atoms with Gasteiger partial charge in [0.05, 0.1) is 10.5 Å². The largest absolute Gasteiger partial charge is 0.478 e. The molecule has 0 bridgehead atoms. The van der Waals surface area contributed by atoms with E-state index in [1.54, 1.807) is 0 Å². The smallest absolute Gasteiger partial charge is 0.338 e. The van der Waals surface area contributed by atoms with Gasteiger partial charge in [0, 0.05) is 24.4 Å². The summed E-state index contributed by atoms with van der Waals surface area (Å²) in [5.74, 6) is -0.423. The van der Waals surface area contributed by atoms with Crippen LogP contribution >= 0.6 is 0 Å². The molecule has 1 aliphatic rings. The number of aromatic carboxylic acids is 1. The highest BCUT2D eigenvalue weighted by atomic mass is 16.6. The van der Waals surface area contributed by atoms with Crippen molar-refractivity contribution in [2.24, 2.45) is 5.92 Å². The number of carboxylic acid groups (broad SMARTS) is 1. The summed E-state index contributed by atoms with van der Waals surface area (Å²) in [6.45, 7) is 0.697. The Morgan fingerprint density at radius 2 is 2.21 bits per heavy atom. The van der Waals surface area contributed by atoms with Gasteiger partial charge < -0.3 is 10.4 Å². The van der Waals surface area contributed by atoms with Crippen molar-refractivity contribution in [1.29, 1.82) is 0 Å². The number of nitro benzene ring substituents is 1. The van der Waals surface area contributed by atoms with E-state index in [0.29, 0.717) is 12.2 Å². The molecule has 2 N–H and O–H groups in total. The molecule has 0 aliphatic heterocycles. The lowest BCUT2D eigenvalue weighted by atomic mass is 9.83. The average Bonchev–Trinajstić information content (AvgIpc) is 2.32. The average molecular weight is 264 g/mol. The summed E-state index contributed by atoms with van der Waals surface area (Å²) in [6.07, 6.45) is 4.78. The van der Waals surface area contributed by atoms with Crippen LogP contribution in [-0.2, 0) is 0 Å². The van der Waals surface area contributed by atoms with Crippen LogP contribution in [0.3, 0.4) is 0 Å². The van der Waals surface area contributed by atoms with Crippen molar-refractivity contribution in [3.8, 4) is 0 Å². The first-order valence-electron chi connectivity index (χ1n) is 6.33. The fourth-order valence-electron chi connectivity index (χ4n) is 2.17. The molecule has 102 valence electrons. The number of anilines is 1. The highest BCUT2D eigenvalue weighted by Crippen LogP contribution is 2.29. The second-order valence-corrected chi connectivity index (χ2v) is 4.80. The molecule has 1 aromatic carbocycles. The lowest BCUT2D eigenvalue weighted by Crippen LogP contribution is -2.16. The fraction of sp³-hybridized carbons (Fsp3) is 0.462. The number of rotatable bonds is 6. The Balaban J connectivity index is 2.05. The summed E-state index contributed by atoms with van der Waals surface area (Å²) in [7, 11) is 0. The van der Waals surface area contributed by atoms with Gasteiger partial charge in [0.25, 0.3) is 5.69 Å². The summed E-state index contributed by atoms with van der Waals surface area (Å²) < 4.78 is 0. The molecular formula is C13H16N2O4. The Labute approximate surface area is 110 Å². The van der Waals surface area contributed by atoms with Crippen molar-refractivity contribution in [3.63, 3.8) is 0 Å². The van der Waals surface area contributed by atoms with Gasteiger partial charge in [-0.05, 0) is 18.4 Å². The van der Waals surface area contributed by atoms with Crippen LogP contribution in [0.25, 0.3) is 0 Å². The van der Waals surface area contributed by atoms with E-state index in [1.807, 2.05) is 0 Å². The first-order chi connectivity index (χ1) is 9.08. The molecule has 1 fully saturated rings. The number of hydrogen-bond acceptors (Lipinski definition) is 4. The molecule has 19 heavy (non-hydrogen) atoms. The second-order valence-electron chi connectivity index (χ2n) is 4.80. The van der Waals surface area contributed by atoms with Gasteiger partial charge in [0.15, 0.2) is 0 Å². The van der Waals surface area contributed by atoms with E-state index in [2.05, 4.69) is 5.32 Å². The topological polar surface area (TPSA) is 92.5 Å². The van der Waals surface area contributed by atoms with Gasteiger partial charge in [-0.1, -0.05) is 19.3 Å². The van der Waals surface area contributed by atoms with Crippen LogP contribution in [0.1, 0.15) is 36.0 Å². The molecular weight excluding hydrogens is 248 g/mol. The molecule has 1 aliphatic carbocycles. The monoisotopic (exact) mass is 264 g/mol. The van der Waals surface area contributed by atoms with Crippen molar-refractivity contribution in [2.45, 2.75) is 25.7 Å². The number of nitrogens with one attached hydrogen (secondary N) is 1. The standard InChI is InChI=1S/C13H16N2O4/c16-13(17)11-8-10(15(18)19)4-5-12(11)14-7-6-9-2-1-3-9/h4-5,8-9,14H,1-3,6-7H2,(H,16,17). The maximum absolute atomic E-state index is 11.1. The molecule has 0 aromatic heterocycles. The third-order valence-corrected chi connectivity index (χ3v) is 3.54. The zero-order valence-electron chi connectivity index (χ0n) is 10.5. The summed E-state index contributed by atoms with van der Waals surface area (Å²) >= 11 is 0. The maximum atomic E-state index is 11.1. The van der Waals surface area contributed by atoms with E-state index in [4.69, 9.17) is 5.11 Å². The van der Waals surface area contributed by atoms with Gasteiger partial charge in [-0.25, -0.2) is 4.79 Å². The zero-order chi connectivity index (χ0) is 13.8. The van der Waals surface area contributed by atoms with Gasteiger partial charge in [0.2, 0.25) is 0 Å². The Morgan fingerprint density at radius 3 is 2.74 bits per heavy atom. The molecule has 0 spiro atoms. The number of non-ortho nitro benzene ring substituents is 1. The number of carboxylic acids is 1. The molecule has 0 unspecified atom stereocenters. The highest BCUT2D eigenvalue weighted by molar-refractivity contribution is 5.95. The molecule has 0 atom stereocenters. The second kappa shape index (κ2) is 5.69. The molecule has 1 saturated carbocycles. The molecule has 6 nitrogen and oxygen atoms in total. The van der Waals surface area contributed by atoms with E-state index in [9.17, 15) is 14.9 Å². The van der Waals surface area contributed by atoms with E-state index >= 15 is 0 Å². The van der Waals surface area contributed by atoms with Gasteiger partial charge in [0.1, 0.15) is 0 Å². The van der Waals surface area contributed by atoms with E-state index in [-0.39, 0.29) is 11.3 Å². The Hall–Kier alpha value is -2.11. The van der Waals surface area contributed by atoms with E-state index in [0.717, 1.165) is 18.4 Å². The van der Waals surface area contributed by atoms with E-state index in [1.165, 1.54) is 31.4 Å². The highest BCUT2D eigenvalue weighted by Gasteiger charge is 2.18. The third-order valence-electron chi connectivity index (χ3n) is 3.54. The van der Waals surface area contributed by atoms with Crippen LogP contribution < -0.4 is 5.32 Å². The summed E-state index contributed by atoms with van der Waals surface area (Å²) in [5.41, 5.74) is 0.183. The number of benzene rings is 1. The molecule has 1 aromatic rings. The van der Waals surface area contributed by atoms with Crippen LogP contribution in [0.5, 0.6) is 0 Å². The third kappa shape index (κ3) is 3.21. The van der Waals surface area contributed by atoms with Crippen LogP contribution in [0.15, 0.2) is 18.2 Å². The van der Waals surface area contributed by atoms with Crippen LogP contribution in [-0.4, -0.2) is 22.5 Å². The summed E-state index contributed by atoms with van der Waals surface area (Å²) in [5, 5.41) is 22.8. The Morgan fingerprint density at radius 1 is 1.47 bits per heavy atom. The minimum Gasteiger partial charge on any atom is -0.478 e. The predicted octanol–water partition coefficient (Wildman–Crippen LogP) is 2.90. The SMILES string of the molecule is O=C(O)c1cc([N+](=O)[O-])ccc1NCCC1CCC1. The summed E-state index contributed by atoms with van der Waals surface area (Å²) in [4.78, 5) is 21.1. The zero-order valence-corrected chi connectivity index (χ0v) is 10.5. The van der Waals surface area contributed by atoms with Gasteiger partial charge in [-0.15, -0.1) is 0 Å². The quantitative estimate of drug-likeness (QED) is 0.608. The van der Waals surface area contributed by atoms with Crippen LogP contribution in [0, 0.1) is 16.0 Å². The van der Waals surface area contributed by atoms with Crippen molar-refractivity contribution in [3.05, 3.63) is 33.9 Å². The first-order valence-corrected chi connectivity index (χ1v) is 6.33. The van der Waals surface area contributed by atoms with E-state index < -0.39 is 10.9 Å². The van der Waals surface area contributed by atoms with Crippen molar-refractivity contribution in [2.75, 3.05) is 11.9 Å². The first kappa shape index (κ1) is 13.3. The van der Waals surface area contributed by atoms with Crippen molar-refractivity contribution < 1.29 is 14.8 Å². The number of carbonyl (C=O) groups is 1. The Bertz CT molecular complexity index is 497. The molecule has 0 heterocycles. The number of nitrogens with zero attached hydrogens (tertiary/aromatic N) is 1. The van der Waals surface area contributed by atoms with Gasteiger partial charge in [-0.2, -0.15) is 0 Å². The summed E-state index contributed by atoms with van der Waals surface area (Å²) in [6, 6.07) is 3.87. The van der Waals surface area contributed by atoms with Crippen molar-refractivity contribution >= 4 is 17.3 Å². The lowest BCUT2D eigenvalue weighted by molar-refractivity contribution is -0.384. The normalized spacial score (nSPS) is 14.7. The fourth-order valence-corrected chi connectivity index (χ4v) is 2.17. The molecule has 2 rings (SSSR count). The van der Waals surface area contributed by atoms with Crippen LogP contribution in [0.2, 0.25) is 0 Å². The molecule has 0 saturated heterocycles. The molecule has 0 radical (unpaired) electrons.